The molecule has 0 bridgehead atoms. The molecule has 2 fully saturated rings. The summed E-state index contributed by atoms with van der Waals surface area (Å²) in [6, 6.07) is 18.5. The van der Waals surface area contributed by atoms with Gasteiger partial charge >= 0.3 is 5.97 Å². The number of likely N-dealkylation sites (N-methyl/N-ethyl adjacent to an activating group) is 1. The van der Waals surface area contributed by atoms with Crippen molar-refractivity contribution in [1.29, 1.82) is 5.26 Å². The molecule has 2 aromatic heterocycles. The number of aliphatic carboxylic acids is 1. The molecule has 0 aliphatic carbocycles. The summed E-state index contributed by atoms with van der Waals surface area (Å²) in [6.07, 6.45) is 0.590. The topological polar surface area (TPSA) is 130 Å². The van der Waals surface area contributed by atoms with Crippen molar-refractivity contribution in [2.24, 2.45) is 5.41 Å². The Kier molecular flexibility index (Phi) is 9.60. The van der Waals surface area contributed by atoms with Gasteiger partial charge in [-0.1, -0.05) is 37.3 Å². The van der Waals surface area contributed by atoms with Gasteiger partial charge in [-0.2, -0.15) is 5.26 Å². The molecule has 1 unspecified atom stereocenters. The lowest BCUT2D eigenvalue weighted by Gasteiger charge is -2.34. The van der Waals surface area contributed by atoms with Crippen molar-refractivity contribution in [3.63, 3.8) is 0 Å². The Balaban J connectivity index is 1.01. The fraction of sp³-hybridized carbons (Fsp3) is 0.405. The van der Waals surface area contributed by atoms with E-state index in [4.69, 9.17) is 14.4 Å². The van der Waals surface area contributed by atoms with Gasteiger partial charge in [0.2, 0.25) is 11.8 Å². The van der Waals surface area contributed by atoms with Crippen molar-refractivity contribution in [2.45, 2.75) is 53.8 Å². The highest BCUT2D eigenvalue weighted by Crippen LogP contribution is 2.41. The largest absolute Gasteiger partial charge is 0.481 e. The molecule has 0 saturated carbocycles. The van der Waals surface area contributed by atoms with Crippen LogP contribution in [0.3, 0.4) is 0 Å². The number of benzene rings is 3. The number of hydrogen-bond acceptors (Lipinski definition) is 10. The van der Waals surface area contributed by atoms with E-state index in [1.165, 1.54) is 0 Å². The molecule has 11 nitrogen and oxygen atoms in total. The lowest BCUT2D eigenvalue weighted by Crippen LogP contribution is -2.49. The maximum absolute atomic E-state index is 13.2. The summed E-state index contributed by atoms with van der Waals surface area (Å²) in [7, 11) is 0. The van der Waals surface area contributed by atoms with Crippen LogP contribution in [0.4, 0.5) is 0 Å². The fourth-order valence-corrected chi connectivity index (χ4v) is 9.38. The van der Waals surface area contributed by atoms with Gasteiger partial charge in [-0.15, -0.1) is 11.3 Å². The molecule has 278 valence electrons. The van der Waals surface area contributed by atoms with Crippen molar-refractivity contribution < 1.29 is 19.1 Å². The molecule has 2 saturated heterocycles. The summed E-state index contributed by atoms with van der Waals surface area (Å²) < 4.78 is 6.31. The standard InChI is InChI=1S/C42H45N7O4S/c1-5-46-14-16-47(17-15-46)24-37(50)49-22-35-36(23-49)54-40(45-35)33-11-7-9-31(27(33)3)30-8-6-10-32(26(30)2)39-44-34-19-28(18-29(20-43)38(34)53-39)21-48-13-12-42(4,25-48)41(51)52/h6-11,18-19H,5,12-17,21-25H2,1-4H3,(H,51,52). The molecule has 8 rings (SSSR count). The van der Waals surface area contributed by atoms with E-state index < -0.39 is 11.4 Å². The van der Waals surface area contributed by atoms with E-state index in [9.17, 15) is 20.0 Å². The van der Waals surface area contributed by atoms with E-state index in [0.717, 1.165) is 87.2 Å². The quantitative estimate of drug-likeness (QED) is 0.177. The molecule has 0 radical (unpaired) electrons. The number of hydrogen-bond donors (Lipinski definition) is 1. The first-order valence-electron chi connectivity index (χ1n) is 18.7. The van der Waals surface area contributed by atoms with Gasteiger partial charge in [0.1, 0.15) is 16.6 Å². The predicted octanol–water partition coefficient (Wildman–Crippen LogP) is 6.55. The lowest BCUT2D eigenvalue weighted by molar-refractivity contribution is -0.147. The molecule has 1 amide bonds. The lowest BCUT2D eigenvalue weighted by atomic mass is 9.90. The highest BCUT2D eigenvalue weighted by molar-refractivity contribution is 7.15. The van der Waals surface area contributed by atoms with Crippen LogP contribution in [0.1, 0.15) is 53.1 Å². The van der Waals surface area contributed by atoms with Crippen LogP contribution in [0, 0.1) is 30.6 Å². The number of aromatic nitrogens is 2. The molecular weight excluding hydrogens is 699 g/mol. The molecule has 54 heavy (non-hydrogen) atoms. The number of amides is 1. The highest BCUT2D eigenvalue weighted by Gasteiger charge is 2.40. The third kappa shape index (κ3) is 6.70. The smallest absolute Gasteiger partial charge is 0.310 e. The maximum atomic E-state index is 13.2. The number of carboxylic acid groups (broad SMARTS) is 1. The number of carbonyl (C=O) groups excluding carboxylic acids is 1. The average molecular weight is 744 g/mol. The van der Waals surface area contributed by atoms with Crippen molar-refractivity contribution >= 4 is 34.3 Å². The third-order valence-electron chi connectivity index (χ3n) is 11.6. The zero-order valence-electron chi connectivity index (χ0n) is 31.3. The molecule has 12 heteroatoms. The Bertz CT molecular complexity index is 2290. The SMILES string of the molecule is CCN1CCN(CC(=O)N2Cc3nc(-c4cccc(-c5cccc(-c6nc7cc(CN8CCC(C)(C(=O)O)C8)cc(C#N)c7o6)c5C)c4C)sc3C2)CC1. The molecule has 1 N–H and O–H groups in total. The first-order chi connectivity index (χ1) is 26.0. The van der Waals surface area contributed by atoms with E-state index >= 15 is 0 Å². The Labute approximate surface area is 319 Å². The van der Waals surface area contributed by atoms with Crippen LogP contribution < -0.4 is 0 Å². The number of nitriles is 1. The number of oxazole rings is 1. The Hall–Kier alpha value is -4.93. The molecule has 1 atom stereocenters. The number of likely N-dealkylation sites (tertiary alicyclic amines) is 1. The minimum absolute atomic E-state index is 0.177. The summed E-state index contributed by atoms with van der Waals surface area (Å²) in [4.78, 5) is 44.9. The van der Waals surface area contributed by atoms with Crippen LogP contribution >= 0.6 is 11.3 Å². The maximum Gasteiger partial charge on any atom is 0.310 e. The van der Waals surface area contributed by atoms with Gasteiger partial charge in [0.25, 0.3) is 0 Å². The van der Waals surface area contributed by atoms with Crippen molar-refractivity contribution in [3.8, 4) is 39.2 Å². The monoisotopic (exact) mass is 743 g/mol. The molecule has 5 aromatic rings. The second kappa shape index (κ2) is 14.4. The number of thiazole rings is 1. The van der Waals surface area contributed by atoms with Crippen molar-refractivity contribution in [1.82, 2.24) is 29.6 Å². The molecule has 0 spiro atoms. The summed E-state index contributed by atoms with van der Waals surface area (Å²) in [5.74, 6) is -0.154. The van der Waals surface area contributed by atoms with Crippen LogP contribution in [0.2, 0.25) is 0 Å². The Morgan fingerprint density at radius 3 is 2.28 bits per heavy atom. The zero-order chi connectivity index (χ0) is 37.7. The molecule has 5 heterocycles. The Morgan fingerprint density at radius 2 is 1.61 bits per heavy atom. The van der Waals surface area contributed by atoms with Gasteiger partial charge in [0.05, 0.1) is 36.3 Å². The van der Waals surface area contributed by atoms with Gasteiger partial charge in [-0.25, -0.2) is 9.97 Å². The van der Waals surface area contributed by atoms with Gasteiger partial charge in [0, 0.05) is 55.3 Å². The normalized spacial score (nSPS) is 19.4. The predicted molar refractivity (Wildman–Crippen MR) is 209 cm³/mol. The summed E-state index contributed by atoms with van der Waals surface area (Å²) in [5, 5.41) is 20.7. The van der Waals surface area contributed by atoms with E-state index in [1.54, 1.807) is 18.3 Å². The number of piperazine rings is 1. The van der Waals surface area contributed by atoms with Crippen molar-refractivity contribution in [2.75, 3.05) is 52.4 Å². The van der Waals surface area contributed by atoms with Crippen LogP contribution in [0.15, 0.2) is 52.9 Å². The fourth-order valence-electron chi connectivity index (χ4n) is 8.21. The van der Waals surface area contributed by atoms with E-state index in [0.29, 0.717) is 68.2 Å². The van der Waals surface area contributed by atoms with Crippen molar-refractivity contribution in [3.05, 3.63) is 81.4 Å². The van der Waals surface area contributed by atoms with Crippen LogP contribution in [0.25, 0.3) is 44.3 Å². The first-order valence-corrected chi connectivity index (χ1v) is 19.6. The number of rotatable bonds is 9. The van der Waals surface area contributed by atoms with Gasteiger partial charge in [-0.05, 0) is 86.3 Å². The molecule has 3 aromatic carbocycles. The van der Waals surface area contributed by atoms with Gasteiger partial charge < -0.3 is 19.3 Å². The second-order valence-corrected chi connectivity index (χ2v) is 16.3. The van der Waals surface area contributed by atoms with Crippen LogP contribution in [-0.4, -0.2) is 98.9 Å². The molecule has 3 aliphatic heterocycles. The minimum atomic E-state index is -0.779. The summed E-state index contributed by atoms with van der Waals surface area (Å²) >= 11 is 1.68. The average Bonchev–Trinajstić information content (AvgIpc) is 3.95. The molecular formula is C42H45N7O4S. The number of carbonyl (C=O) groups is 2. The number of fused-ring (bicyclic) bond motifs is 2. The van der Waals surface area contributed by atoms with Crippen LogP contribution in [0.5, 0.6) is 0 Å². The zero-order valence-corrected chi connectivity index (χ0v) is 32.1. The van der Waals surface area contributed by atoms with E-state index in [-0.39, 0.29) is 5.91 Å². The summed E-state index contributed by atoms with van der Waals surface area (Å²) in [5.41, 5.74) is 8.82. The van der Waals surface area contributed by atoms with Gasteiger partial charge in [0.15, 0.2) is 5.58 Å². The Morgan fingerprint density at radius 1 is 0.926 bits per heavy atom. The number of nitrogens with zero attached hydrogens (tertiary/aromatic N) is 7. The van der Waals surface area contributed by atoms with E-state index in [1.807, 2.05) is 29.2 Å². The third-order valence-corrected chi connectivity index (χ3v) is 12.8. The first kappa shape index (κ1) is 36.1. The highest BCUT2D eigenvalue weighted by atomic mass is 32.1. The van der Waals surface area contributed by atoms with Gasteiger partial charge in [-0.3, -0.25) is 19.4 Å². The summed E-state index contributed by atoms with van der Waals surface area (Å²) in [6.45, 7) is 16.5. The number of carboxylic acids is 1. The van der Waals surface area contributed by atoms with E-state index in [2.05, 4.69) is 65.8 Å². The minimum Gasteiger partial charge on any atom is -0.481 e. The molecule has 3 aliphatic rings. The van der Waals surface area contributed by atoms with Crippen LogP contribution in [-0.2, 0) is 29.2 Å². The second-order valence-electron chi connectivity index (χ2n) is 15.3.